The maximum absolute atomic E-state index is 11.3. The van der Waals surface area contributed by atoms with Crippen molar-refractivity contribution in [2.24, 2.45) is 5.92 Å². The molecule has 5 heteroatoms. The molecule has 0 aliphatic carbocycles. The van der Waals surface area contributed by atoms with E-state index in [1.807, 2.05) is 26.8 Å². The van der Waals surface area contributed by atoms with E-state index < -0.39 is 0 Å². The number of ether oxygens (including phenoxy) is 1. The van der Waals surface area contributed by atoms with E-state index in [0.717, 1.165) is 16.3 Å². The second-order valence-electron chi connectivity index (χ2n) is 4.07. The Morgan fingerprint density at radius 1 is 1.61 bits per heavy atom. The highest BCUT2D eigenvalue weighted by Crippen LogP contribution is 2.26. The van der Waals surface area contributed by atoms with Gasteiger partial charge in [-0.05, 0) is 19.9 Å². The molecule has 0 spiro atoms. The quantitative estimate of drug-likeness (QED) is 0.617. The summed E-state index contributed by atoms with van der Waals surface area (Å²) in [5, 5.41) is 9.12. The summed E-state index contributed by atoms with van der Waals surface area (Å²) >= 11 is 1.49. The van der Waals surface area contributed by atoms with Crippen LogP contribution in [0.4, 0.5) is 0 Å². The van der Waals surface area contributed by atoms with Gasteiger partial charge in [0.05, 0.1) is 24.3 Å². The van der Waals surface area contributed by atoms with Gasteiger partial charge >= 0.3 is 5.97 Å². The van der Waals surface area contributed by atoms with Crippen molar-refractivity contribution in [2.45, 2.75) is 25.7 Å². The number of esters is 1. The second kappa shape index (κ2) is 6.41. The molecular formula is C13H16N2O2S. The molecule has 0 aliphatic rings. The number of pyridine rings is 1. The Morgan fingerprint density at radius 3 is 2.83 bits per heavy atom. The normalized spacial score (nSPS) is 11.7. The zero-order valence-electron chi connectivity index (χ0n) is 11.0. The molecule has 0 amide bonds. The summed E-state index contributed by atoms with van der Waals surface area (Å²) in [4.78, 5) is 16.4. The van der Waals surface area contributed by atoms with Gasteiger partial charge in [-0.15, -0.1) is 11.8 Å². The number of methoxy groups -OCH3 is 1. The van der Waals surface area contributed by atoms with Gasteiger partial charge in [-0.2, -0.15) is 5.26 Å². The fraction of sp³-hybridized carbons (Fsp3) is 0.462. The highest BCUT2D eigenvalue weighted by molar-refractivity contribution is 7.99. The van der Waals surface area contributed by atoms with Gasteiger partial charge in [0.2, 0.25) is 0 Å². The second-order valence-corrected chi connectivity index (χ2v) is 5.13. The van der Waals surface area contributed by atoms with Crippen LogP contribution in [0.1, 0.15) is 23.9 Å². The highest BCUT2D eigenvalue weighted by Gasteiger charge is 2.15. The lowest BCUT2D eigenvalue weighted by Gasteiger charge is -2.11. The van der Waals surface area contributed by atoms with Gasteiger partial charge in [0.15, 0.2) is 0 Å². The molecule has 96 valence electrons. The van der Waals surface area contributed by atoms with Crippen LogP contribution in [-0.4, -0.2) is 23.8 Å². The molecule has 1 heterocycles. The van der Waals surface area contributed by atoms with Crippen LogP contribution >= 0.6 is 11.8 Å². The van der Waals surface area contributed by atoms with Crippen LogP contribution in [0.3, 0.4) is 0 Å². The van der Waals surface area contributed by atoms with Crippen LogP contribution in [0.25, 0.3) is 0 Å². The fourth-order valence-electron chi connectivity index (χ4n) is 1.53. The molecule has 1 unspecified atom stereocenters. The SMILES string of the molecule is COC(=O)C(C)CSc1cc(C)nc(C)c1C#N. The Morgan fingerprint density at radius 2 is 2.28 bits per heavy atom. The molecule has 1 aromatic heterocycles. The van der Waals surface area contributed by atoms with Crippen LogP contribution < -0.4 is 0 Å². The van der Waals surface area contributed by atoms with E-state index in [-0.39, 0.29) is 11.9 Å². The molecule has 0 N–H and O–H groups in total. The smallest absolute Gasteiger partial charge is 0.309 e. The number of hydrogen-bond donors (Lipinski definition) is 0. The van der Waals surface area contributed by atoms with Gasteiger partial charge in [0.25, 0.3) is 0 Å². The first-order valence-corrected chi connectivity index (χ1v) is 6.57. The van der Waals surface area contributed by atoms with Crippen molar-refractivity contribution in [1.29, 1.82) is 5.26 Å². The first-order valence-electron chi connectivity index (χ1n) is 5.58. The van der Waals surface area contributed by atoms with Gasteiger partial charge in [-0.25, -0.2) is 0 Å². The largest absolute Gasteiger partial charge is 0.469 e. The average Bonchev–Trinajstić information content (AvgIpc) is 2.34. The molecule has 1 rings (SSSR count). The Bertz CT molecular complexity index is 494. The van der Waals surface area contributed by atoms with E-state index in [1.165, 1.54) is 18.9 Å². The Labute approximate surface area is 111 Å². The van der Waals surface area contributed by atoms with Crippen LogP contribution in [-0.2, 0) is 9.53 Å². The molecule has 4 nitrogen and oxygen atoms in total. The van der Waals surface area contributed by atoms with Gasteiger partial charge in [0.1, 0.15) is 6.07 Å². The molecule has 0 saturated heterocycles. The third-order valence-electron chi connectivity index (χ3n) is 2.50. The maximum Gasteiger partial charge on any atom is 0.309 e. The first-order chi connectivity index (χ1) is 8.49. The minimum atomic E-state index is -0.233. The summed E-state index contributed by atoms with van der Waals surface area (Å²) in [6.45, 7) is 5.52. The molecular weight excluding hydrogens is 248 g/mol. The Balaban J connectivity index is 2.85. The van der Waals surface area contributed by atoms with E-state index >= 15 is 0 Å². The molecule has 0 aromatic carbocycles. The summed E-state index contributed by atoms with van der Waals surface area (Å²) in [7, 11) is 1.38. The Hall–Kier alpha value is -1.54. The van der Waals surface area contributed by atoms with Crippen LogP contribution in [0, 0.1) is 31.1 Å². The first kappa shape index (κ1) is 14.5. The predicted octanol–water partition coefficient (Wildman–Crippen LogP) is 2.47. The summed E-state index contributed by atoms with van der Waals surface area (Å²) in [6.07, 6.45) is 0. The molecule has 1 atom stereocenters. The monoisotopic (exact) mass is 264 g/mol. The van der Waals surface area contributed by atoms with Gasteiger partial charge in [-0.1, -0.05) is 6.92 Å². The number of carbonyl (C=O) groups excluding carboxylic acids is 1. The standard InChI is InChI=1S/C13H16N2O2S/c1-8(13(16)17-4)7-18-12-5-9(2)15-10(3)11(12)6-14/h5,8H,7H2,1-4H3. The molecule has 0 aliphatic heterocycles. The third kappa shape index (κ3) is 3.47. The number of nitrogens with zero attached hydrogens (tertiary/aromatic N) is 2. The average molecular weight is 264 g/mol. The number of thioether (sulfide) groups is 1. The summed E-state index contributed by atoms with van der Waals surface area (Å²) in [5.74, 6) is 0.161. The van der Waals surface area contributed by atoms with Gasteiger partial charge < -0.3 is 4.74 Å². The number of hydrogen-bond acceptors (Lipinski definition) is 5. The molecule has 18 heavy (non-hydrogen) atoms. The van der Waals surface area contributed by atoms with Crippen molar-refractivity contribution in [3.05, 3.63) is 23.0 Å². The third-order valence-corrected chi connectivity index (χ3v) is 3.80. The van der Waals surface area contributed by atoms with Crippen molar-refractivity contribution < 1.29 is 9.53 Å². The molecule has 0 bridgehead atoms. The van der Waals surface area contributed by atoms with Crippen LogP contribution in [0.2, 0.25) is 0 Å². The summed E-state index contributed by atoms with van der Waals surface area (Å²) in [6, 6.07) is 4.03. The number of rotatable bonds is 4. The number of aromatic nitrogens is 1. The lowest BCUT2D eigenvalue weighted by molar-refractivity contribution is -0.143. The van der Waals surface area contributed by atoms with E-state index in [4.69, 9.17) is 5.26 Å². The Kier molecular flexibility index (Phi) is 5.17. The zero-order chi connectivity index (χ0) is 13.7. The molecule has 1 aromatic rings. The number of aryl methyl sites for hydroxylation is 2. The molecule has 0 radical (unpaired) electrons. The lowest BCUT2D eigenvalue weighted by atomic mass is 10.2. The van der Waals surface area contributed by atoms with Gasteiger partial charge in [-0.3, -0.25) is 9.78 Å². The predicted molar refractivity (Wildman–Crippen MR) is 70.3 cm³/mol. The zero-order valence-corrected chi connectivity index (χ0v) is 11.8. The molecule has 0 fully saturated rings. The van der Waals surface area contributed by atoms with Crippen molar-refractivity contribution in [2.75, 3.05) is 12.9 Å². The van der Waals surface area contributed by atoms with Crippen molar-refractivity contribution in [3.63, 3.8) is 0 Å². The molecule has 0 saturated carbocycles. The lowest BCUT2D eigenvalue weighted by Crippen LogP contribution is -2.14. The summed E-state index contributed by atoms with van der Waals surface area (Å²) < 4.78 is 4.67. The van der Waals surface area contributed by atoms with E-state index in [1.54, 1.807) is 0 Å². The van der Waals surface area contributed by atoms with E-state index in [0.29, 0.717) is 11.3 Å². The van der Waals surface area contributed by atoms with E-state index in [2.05, 4.69) is 15.8 Å². The van der Waals surface area contributed by atoms with Crippen LogP contribution in [0.5, 0.6) is 0 Å². The fourth-order valence-corrected chi connectivity index (χ4v) is 2.68. The topological polar surface area (TPSA) is 63.0 Å². The van der Waals surface area contributed by atoms with Gasteiger partial charge in [0, 0.05) is 16.3 Å². The van der Waals surface area contributed by atoms with E-state index in [9.17, 15) is 4.79 Å². The van der Waals surface area contributed by atoms with Crippen LogP contribution in [0.15, 0.2) is 11.0 Å². The van der Waals surface area contributed by atoms with Crippen molar-refractivity contribution in [1.82, 2.24) is 4.98 Å². The minimum Gasteiger partial charge on any atom is -0.469 e. The van der Waals surface area contributed by atoms with Crippen molar-refractivity contribution >= 4 is 17.7 Å². The maximum atomic E-state index is 11.3. The minimum absolute atomic E-state index is 0.194. The highest BCUT2D eigenvalue weighted by atomic mass is 32.2. The summed E-state index contributed by atoms with van der Waals surface area (Å²) in [5.41, 5.74) is 2.19. The number of carbonyl (C=O) groups is 1. The van der Waals surface area contributed by atoms with Crippen molar-refractivity contribution in [3.8, 4) is 6.07 Å². The number of nitriles is 1.